The summed E-state index contributed by atoms with van der Waals surface area (Å²) in [4.78, 5) is 6.11. The van der Waals surface area contributed by atoms with Crippen molar-refractivity contribution in [1.29, 1.82) is 0 Å². The molecule has 1 N–H and O–H groups in total. The van der Waals surface area contributed by atoms with Gasteiger partial charge in [0.1, 0.15) is 5.01 Å². The highest BCUT2D eigenvalue weighted by atomic mass is 32.1. The number of hydrogen-bond acceptors (Lipinski definition) is 3. The Kier molecular flexibility index (Phi) is 4.72. The van der Waals surface area contributed by atoms with Crippen molar-refractivity contribution in [2.24, 2.45) is 0 Å². The van der Waals surface area contributed by atoms with E-state index in [0.29, 0.717) is 0 Å². The third-order valence-corrected chi connectivity index (χ3v) is 4.58. The second kappa shape index (κ2) is 6.31. The van der Waals surface area contributed by atoms with Crippen molar-refractivity contribution in [2.45, 2.75) is 39.7 Å². The molecule has 0 aliphatic rings. The van der Waals surface area contributed by atoms with E-state index in [1.165, 1.54) is 26.7 Å². The first kappa shape index (κ1) is 14.2. The first-order chi connectivity index (χ1) is 9.19. The number of benzene rings is 1. The van der Waals surface area contributed by atoms with E-state index in [1.807, 2.05) is 7.05 Å². The fourth-order valence-corrected chi connectivity index (χ4v) is 3.43. The van der Waals surface area contributed by atoms with Gasteiger partial charge in [0.05, 0.1) is 11.7 Å². The lowest BCUT2D eigenvalue weighted by Crippen LogP contribution is -2.17. The minimum absolute atomic E-state index is 0.204. The van der Waals surface area contributed by atoms with Gasteiger partial charge in [0, 0.05) is 4.88 Å². The molecule has 3 heteroatoms. The summed E-state index contributed by atoms with van der Waals surface area (Å²) >= 11 is 1.80. The normalized spacial score (nSPS) is 12.6. The van der Waals surface area contributed by atoms with Crippen LogP contribution in [-0.2, 0) is 12.8 Å². The minimum Gasteiger partial charge on any atom is -0.307 e. The Morgan fingerprint density at radius 3 is 2.32 bits per heavy atom. The van der Waals surface area contributed by atoms with Crippen LogP contribution in [0.15, 0.2) is 24.3 Å². The van der Waals surface area contributed by atoms with Crippen molar-refractivity contribution in [3.8, 4) is 0 Å². The average molecular weight is 274 g/mol. The Balaban J connectivity index is 2.31. The number of rotatable bonds is 5. The number of nitrogens with zero attached hydrogens (tertiary/aromatic N) is 1. The number of nitrogens with one attached hydrogen (secondary N) is 1. The fraction of sp³-hybridized carbons (Fsp3) is 0.438. The number of hydrogen-bond donors (Lipinski definition) is 1. The predicted molar refractivity (Wildman–Crippen MR) is 83.0 cm³/mol. The number of aromatic nitrogens is 1. The molecule has 102 valence electrons. The maximum absolute atomic E-state index is 4.77. The van der Waals surface area contributed by atoms with Gasteiger partial charge in [-0.1, -0.05) is 38.1 Å². The van der Waals surface area contributed by atoms with Crippen LogP contribution in [0.5, 0.6) is 0 Å². The van der Waals surface area contributed by atoms with Gasteiger partial charge in [0.15, 0.2) is 0 Å². The van der Waals surface area contributed by atoms with Crippen LogP contribution in [0.4, 0.5) is 0 Å². The Morgan fingerprint density at radius 1 is 1.16 bits per heavy atom. The van der Waals surface area contributed by atoms with Crippen molar-refractivity contribution in [3.63, 3.8) is 0 Å². The van der Waals surface area contributed by atoms with Crippen LogP contribution in [0.1, 0.15) is 46.6 Å². The smallest absolute Gasteiger partial charge is 0.115 e. The molecule has 0 amide bonds. The zero-order valence-electron chi connectivity index (χ0n) is 12.2. The lowest BCUT2D eigenvalue weighted by Gasteiger charge is -2.14. The van der Waals surface area contributed by atoms with Crippen LogP contribution in [-0.4, -0.2) is 12.0 Å². The van der Waals surface area contributed by atoms with Crippen molar-refractivity contribution in [3.05, 3.63) is 51.0 Å². The Hall–Kier alpha value is -1.19. The quantitative estimate of drug-likeness (QED) is 0.895. The molecule has 0 saturated heterocycles. The highest BCUT2D eigenvalue weighted by Crippen LogP contribution is 2.28. The van der Waals surface area contributed by atoms with Crippen molar-refractivity contribution >= 4 is 11.3 Å². The molecule has 0 aliphatic carbocycles. The molecule has 0 fully saturated rings. The van der Waals surface area contributed by atoms with Crippen molar-refractivity contribution < 1.29 is 0 Å². The monoisotopic (exact) mass is 274 g/mol. The Morgan fingerprint density at radius 2 is 1.84 bits per heavy atom. The second-order valence-electron chi connectivity index (χ2n) is 4.73. The molecule has 1 aromatic carbocycles. The average Bonchev–Trinajstić information content (AvgIpc) is 2.81. The first-order valence-electron chi connectivity index (χ1n) is 6.91. The molecule has 0 saturated carbocycles. The third-order valence-electron chi connectivity index (χ3n) is 3.50. The standard InChI is InChI=1S/C16H22N2S/c1-5-12-7-9-13(10-8-12)15(17-4)16-18-14(6-2)11(3)19-16/h7-10,15,17H,5-6H2,1-4H3. The molecule has 2 nitrogen and oxygen atoms in total. The number of thiazole rings is 1. The molecule has 1 heterocycles. The Labute approximate surface area is 119 Å². The topological polar surface area (TPSA) is 24.9 Å². The maximum Gasteiger partial charge on any atom is 0.115 e. The van der Waals surface area contributed by atoms with Gasteiger partial charge in [0.25, 0.3) is 0 Å². The second-order valence-corrected chi connectivity index (χ2v) is 5.96. The molecule has 0 aliphatic heterocycles. The summed E-state index contributed by atoms with van der Waals surface area (Å²) in [6.07, 6.45) is 2.09. The van der Waals surface area contributed by atoms with Gasteiger partial charge in [-0.25, -0.2) is 4.98 Å². The fourth-order valence-electron chi connectivity index (χ4n) is 2.28. The SMILES string of the molecule is CCc1ccc(C(NC)c2nc(CC)c(C)s2)cc1. The van der Waals surface area contributed by atoms with Crippen LogP contribution in [0, 0.1) is 6.92 Å². The van der Waals surface area contributed by atoms with Crippen molar-refractivity contribution in [1.82, 2.24) is 10.3 Å². The molecule has 1 aromatic heterocycles. The van der Waals surface area contributed by atoms with E-state index in [9.17, 15) is 0 Å². The lowest BCUT2D eigenvalue weighted by molar-refractivity contribution is 0.683. The molecule has 1 unspecified atom stereocenters. The number of aryl methyl sites for hydroxylation is 3. The van der Waals surface area contributed by atoms with Crippen LogP contribution in [0.25, 0.3) is 0 Å². The molecule has 19 heavy (non-hydrogen) atoms. The van der Waals surface area contributed by atoms with Gasteiger partial charge in [0.2, 0.25) is 0 Å². The molecule has 1 atom stereocenters. The highest BCUT2D eigenvalue weighted by molar-refractivity contribution is 7.11. The summed E-state index contributed by atoms with van der Waals surface area (Å²) < 4.78 is 0. The van der Waals surface area contributed by atoms with Crippen LogP contribution >= 0.6 is 11.3 Å². The van der Waals surface area contributed by atoms with Crippen LogP contribution in [0.2, 0.25) is 0 Å². The van der Waals surface area contributed by atoms with Crippen LogP contribution < -0.4 is 5.32 Å². The van der Waals surface area contributed by atoms with Crippen LogP contribution in [0.3, 0.4) is 0 Å². The van der Waals surface area contributed by atoms with E-state index in [0.717, 1.165) is 12.8 Å². The van der Waals surface area contributed by atoms with Gasteiger partial charge in [-0.3, -0.25) is 0 Å². The lowest BCUT2D eigenvalue weighted by atomic mass is 10.0. The van der Waals surface area contributed by atoms with E-state index in [-0.39, 0.29) is 6.04 Å². The summed E-state index contributed by atoms with van der Waals surface area (Å²) in [7, 11) is 2.00. The summed E-state index contributed by atoms with van der Waals surface area (Å²) in [5.41, 5.74) is 3.89. The van der Waals surface area contributed by atoms with E-state index >= 15 is 0 Å². The van der Waals surface area contributed by atoms with Gasteiger partial charge >= 0.3 is 0 Å². The zero-order valence-corrected chi connectivity index (χ0v) is 13.0. The van der Waals surface area contributed by atoms with E-state index in [2.05, 4.69) is 50.4 Å². The van der Waals surface area contributed by atoms with E-state index in [4.69, 9.17) is 4.98 Å². The minimum atomic E-state index is 0.204. The predicted octanol–water partition coefficient (Wildman–Crippen LogP) is 3.89. The zero-order chi connectivity index (χ0) is 13.8. The maximum atomic E-state index is 4.77. The molecular formula is C16H22N2S. The van der Waals surface area contributed by atoms with Crippen molar-refractivity contribution in [2.75, 3.05) is 7.05 Å². The summed E-state index contributed by atoms with van der Waals surface area (Å²) in [5, 5.41) is 4.55. The van der Waals surface area contributed by atoms with Gasteiger partial charge in [-0.05, 0) is 37.9 Å². The molecule has 2 aromatic rings. The molecule has 2 rings (SSSR count). The van der Waals surface area contributed by atoms with Gasteiger partial charge < -0.3 is 5.32 Å². The summed E-state index contributed by atoms with van der Waals surface area (Å²) in [6.45, 7) is 6.51. The van der Waals surface area contributed by atoms with E-state index in [1.54, 1.807) is 11.3 Å². The molecule has 0 radical (unpaired) electrons. The van der Waals surface area contributed by atoms with Gasteiger partial charge in [-0.2, -0.15) is 0 Å². The molecule has 0 spiro atoms. The third kappa shape index (κ3) is 3.04. The summed E-state index contributed by atoms with van der Waals surface area (Å²) in [6, 6.07) is 9.04. The largest absolute Gasteiger partial charge is 0.307 e. The Bertz CT molecular complexity index is 528. The first-order valence-corrected chi connectivity index (χ1v) is 7.73. The van der Waals surface area contributed by atoms with Gasteiger partial charge in [-0.15, -0.1) is 11.3 Å². The summed E-state index contributed by atoms with van der Waals surface area (Å²) in [5.74, 6) is 0. The molecule has 0 bridgehead atoms. The highest BCUT2D eigenvalue weighted by Gasteiger charge is 2.17. The van der Waals surface area contributed by atoms with E-state index < -0.39 is 0 Å². The molecular weight excluding hydrogens is 252 g/mol.